The van der Waals surface area contributed by atoms with Crippen molar-refractivity contribution in [1.82, 2.24) is 9.97 Å². The molecule has 4 aromatic rings. The Hall–Kier alpha value is -5.57. The number of allylic oxidation sites excluding steroid dienone is 1. The number of aliphatic hydroxyl groups excluding tert-OH is 1. The number of carbonyl (C=O) groups excluding carboxylic acids is 1. The van der Waals surface area contributed by atoms with Crippen LogP contribution in [-0.2, 0) is 27.2 Å². The van der Waals surface area contributed by atoms with E-state index in [1.54, 1.807) is 25.1 Å². The molecule has 2 fully saturated rings. The van der Waals surface area contributed by atoms with Gasteiger partial charge < -0.3 is 40.3 Å². The number of nitrogens with two attached hydrogens (primary N) is 2. The molecule has 0 amide bonds. The van der Waals surface area contributed by atoms with Crippen molar-refractivity contribution >= 4 is 34.3 Å². The molecule has 14 heteroatoms. The molecule has 1 unspecified atom stereocenters. The number of aromatic hydroxyl groups is 1. The highest BCUT2D eigenvalue weighted by atomic mass is 16.7. The van der Waals surface area contributed by atoms with E-state index in [0.29, 0.717) is 66.6 Å². The van der Waals surface area contributed by atoms with Gasteiger partial charge in [0.1, 0.15) is 76.6 Å². The molecule has 3 aromatic heterocycles. The van der Waals surface area contributed by atoms with Gasteiger partial charge in [0.15, 0.2) is 11.0 Å². The zero-order valence-electron chi connectivity index (χ0n) is 30.8. The Bertz CT molecular complexity index is 2440. The minimum atomic E-state index is -1.35. The predicted octanol–water partition coefficient (Wildman–Crippen LogP) is 3.16. The molecule has 0 aliphatic carbocycles. The van der Waals surface area contributed by atoms with E-state index in [2.05, 4.69) is 21.2 Å². The van der Waals surface area contributed by atoms with Crippen LogP contribution in [0.15, 0.2) is 74.7 Å². The minimum Gasteiger partial charge on any atom is -0.507 e. The van der Waals surface area contributed by atoms with Crippen LogP contribution in [0.5, 0.6) is 11.5 Å². The van der Waals surface area contributed by atoms with E-state index in [4.69, 9.17) is 30.1 Å². The molecular formula is C41H43N6O8+. The van der Waals surface area contributed by atoms with Crippen LogP contribution in [0.3, 0.4) is 0 Å². The molecule has 0 radical (unpaired) electrons. The van der Waals surface area contributed by atoms with Gasteiger partial charge in [0.25, 0.3) is 0 Å². The number of nitrogen functional groups attached to an aromatic ring is 2. The Morgan fingerprint density at radius 2 is 1.85 bits per heavy atom. The van der Waals surface area contributed by atoms with Crippen LogP contribution < -0.4 is 26.5 Å². The molecule has 1 aromatic carbocycles. The summed E-state index contributed by atoms with van der Waals surface area (Å²) in [4.78, 5) is 41.9. The second-order valence-electron chi connectivity index (χ2n) is 15.9. The van der Waals surface area contributed by atoms with E-state index in [0.717, 1.165) is 34.7 Å². The van der Waals surface area contributed by atoms with E-state index in [9.17, 15) is 19.8 Å². The summed E-state index contributed by atoms with van der Waals surface area (Å²) in [6, 6.07) is 10.4. The van der Waals surface area contributed by atoms with Gasteiger partial charge in [0, 0.05) is 41.8 Å². The molecule has 0 saturated carbocycles. The van der Waals surface area contributed by atoms with Crippen molar-refractivity contribution in [3.63, 3.8) is 0 Å². The maximum Gasteiger partial charge on any atom is 0.341 e. The lowest BCUT2D eigenvalue weighted by atomic mass is 9.77. The smallest absolute Gasteiger partial charge is 0.341 e. The zero-order chi connectivity index (χ0) is 38.4. The fraction of sp³-hybridized carbons (Fsp3) is 0.390. The summed E-state index contributed by atoms with van der Waals surface area (Å²) in [5, 5.41) is 22.8. The first-order chi connectivity index (χ1) is 26.3. The third-order valence-electron chi connectivity index (χ3n) is 11.4. The van der Waals surface area contributed by atoms with E-state index >= 15 is 0 Å². The first kappa shape index (κ1) is 35.2. The quantitative estimate of drug-likeness (QED) is 0.142. The number of phenolic OH excluding ortho intramolecular Hbond substituents is 1. The topological polar surface area (TPSA) is 213 Å². The first-order valence-corrected chi connectivity index (χ1v) is 18.7. The van der Waals surface area contributed by atoms with E-state index in [-0.39, 0.29) is 28.6 Å². The maximum atomic E-state index is 14.1. The van der Waals surface area contributed by atoms with Crippen LogP contribution >= 0.6 is 0 Å². The Balaban J connectivity index is 0.936. The number of aliphatic imine (C=N–C) groups is 1. The number of fused-ring (bicyclic) bond motifs is 5. The third kappa shape index (κ3) is 6.23. The molecular weight excluding hydrogens is 704 g/mol. The Morgan fingerprint density at radius 1 is 1.04 bits per heavy atom. The van der Waals surface area contributed by atoms with Gasteiger partial charge in [-0.15, -0.1) is 0 Å². The van der Waals surface area contributed by atoms with Crippen LogP contribution in [-0.4, -0.2) is 67.9 Å². The van der Waals surface area contributed by atoms with Gasteiger partial charge in [0.2, 0.25) is 0 Å². The number of phenols is 1. The number of carbonyl (C=O) groups is 1. The number of hydrogen-bond acceptors (Lipinski definition) is 13. The number of pyridine rings is 2. The predicted molar refractivity (Wildman–Crippen MR) is 202 cm³/mol. The lowest BCUT2D eigenvalue weighted by molar-refractivity contribution is -0.848. The number of benzene rings is 1. The first-order valence-electron chi connectivity index (χ1n) is 18.7. The highest BCUT2D eigenvalue weighted by Crippen LogP contribution is 2.53. The van der Waals surface area contributed by atoms with Gasteiger partial charge in [-0.1, -0.05) is 0 Å². The lowest BCUT2D eigenvalue weighted by Crippen LogP contribution is -3.05. The van der Waals surface area contributed by atoms with Crippen LogP contribution in [0.2, 0.25) is 0 Å². The molecule has 55 heavy (non-hydrogen) atoms. The van der Waals surface area contributed by atoms with Crippen molar-refractivity contribution in [3.8, 4) is 22.8 Å². The van der Waals surface area contributed by atoms with Gasteiger partial charge >= 0.3 is 5.97 Å². The highest BCUT2D eigenvalue weighted by molar-refractivity contribution is 6.06. The molecule has 0 bridgehead atoms. The van der Waals surface area contributed by atoms with Gasteiger partial charge in [-0.2, -0.15) is 0 Å². The van der Waals surface area contributed by atoms with Crippen molar-refractivity contribution in [2.45, 2.75) is 94.9 Å². The number of quaternary nitrogens is 1. The summed E-state index contributed by atoms with van der Waals surface area (Å²) < 4.78 is 24.6. The second kappa shape index (κ2) is 12.8. The fourth-order valence-electron chi connectivity index (χ4n) is 8.89. The Labute approximate surface area is 316 Å². The SMILES string of the molecule is Cc1cc(=O)c2c(O)c3c(cc2o1)OC(C)(C)[C@@H]1OC(=O)[C@]2(C[C@H](O)CC[C@H]31)O[C@@H]2CCc1cc(N)nc(-c2cc(N)nc(C[NH+]3C=C4C=CN=C4C3)c2)c1. The Kier molecular flexibility index (Phi) is 8.15. The number of aliphatic hydroxyl groups is 1. The number of nitrogens with one attached hydrogen (secondary N) is 1. The van der Waals surface area contributed by atoms with Crippen LogP contribution in [0.4, 0.5) is 11.6 Å². The summed E-state index contributed by atoms with van der Waals surface area (Å²) in [5.74, 6) is 0.0283. The van der Waals surface area contributed by atoms with Gasteiger partial charge in [0.05, 0.1) is 29.2 Å². The molecule has 7 N–H and O–H groups in total. The number of hydrogen-bond donors (Lipinski definition) is 5. The largest absolute Gasteiger partial charge is 0.507 e. The number of esters is 1. The average molecular weight is 748 g/mol. The van der Waals surface area contributed by atoms with Crippen molar-refractivity contribution in [2.24, 2.45) is 4.99 Å². The Morgan fingerprint density at radius 3 is 2.67 bits per heavy atom. The molecule has 5 aliphatic heterocycles. The monoisotopic (exact) mass is 747 g/mol. The van der Waals surface area contributed by atoms with Gasteiger partial charge in [-0.05, 0) is 82.4 Å². The molecule has 5 aliphatic rings. The lowest BCUT2D eigenvalue weighted by Gasteiger charge is -2.44. The van der Waals surface area contributed by atoms with Gasteiger partial charge in [-0.3, -0.25) is 14.7 Å². The highest BCUT2D eigenvalue weighted by Gasteiger charge is 2.65. The fourth-order valence-corrected chi connectivity index (χ4v) is 8.89. The number of anilines is 2. The standard InChI is InChI=1S/C41H42N6O8/c1-20-10-29(49)36-30(52-20)15-31-35(37(36)50)26-6-5-25(48)16-41(39(51)53-38(26)40(2,3)54-31)32(55-41)7-4-21-11-27(46-33(42)12-21)23-13-24(45-34(43)14-23)18-47-17-22-8-9-44-28(22)19-47/h8-15,17,25-26,32,38,48,50H,4-7,16,18-19H2,1-3H3,(H2,42,46)(H2,43,45)/p+1/t25-,26-,32-,38-,41-/m1/s1. The number of rotatable bonds is 6. The summed E-state index contributed by atoms with van der Waals surface area (Å²) >= 11 is 0. The number of aryl methyl sites for hydroxylation is 2. The molecule has 284 valence electrons. The van der Waals surface area contributed by atoms with E-state index in [1.165, 1.54) is 11.0 Å². The molecule has 14 nitrogen and oxygen atoms in total. The summed E-state index contributed by atoms with van der Waals surface area (Å²) in [6.07, 6.45) is 5.41. The molecule has 6 atom stereocenters. The number of aromatic nitrogens is 2. The van der Waals surface area contributed by atoms with Crippen molar-refractivity contribution in [2.75, 3.05) is 18.0 Å². The van der Waals surface area contributed by atoms with E-state index < -0.39 is 41.4 Å². The van der Waals surface area contributed by atoms with Crippen molar-refractivity contribution in [3.05, 3.63) is 93.3 Å². The van der Waals surface area contributed by atoms with Crippen LogP contribution in [0, 0.1) is 6.92 Å². The molecule has 1 spiro atoms. The third-order valence-corrected chi connectivity index (χ3v) is 11.4. The molecule has 9 rings (SSSR count). The van der Waals surface area contributed by atoms with Gasteiger partial charge in [-0.25, -0.2) is 14.8 Å². The maximum absolute atomic E-state index is 14.1. The molecule has 2 saturated heterocycles. The molecule has 8 heterocycles. The van der Waals surface area contributed by atoms with Crippen LogP contribution in [0.1, 0.15) is 68.0 Å². The zero-order valence-corrected chi connectivity index (χ0v) is 30.8. The number of epoxide rings is 1. The van der Waals surface area contributed by atoms with Crippen molar-refractivity contribution < 1.29 is 38.5 Å². The minimum absolute atomic E-state index is 0.0319. The normalized spacial score (nSPS) is 27.6. The number of nitrogens with zero attached hydrogens (tertiary/aromatic N) is 3. The summed E-state index contributed by atoms with van der Waals surface area (Å²) in [6.45, 7) is 6.71. The van der Waals surface area contributed by atoms with E-state index in [1.807, 2.05) is 38.3 Å². The second-order valence-corrected chi connectivity index (χ2v) is 15.9. The van der Waals surface area contributed by atoms with Crippen LogP contribution in [0.25, 0.3) is 22.2 Å². The summed E-state index contributed by atoms with van der Waals surface area (Å²) in [5.41, 5.74) is 15.7. The van der Waals surface area contributed by atoms with Crippen molar-refractivity contribution in [1.29, 1.82) is 0 Å². The average Bonchev–Trinajstić information content (AvgIpc) is 3.37. The summed E-state index contributed by atoms with van der Waals surface area (Å²) in [7, 11) is 0. The number of ether oxygens (including phenoxy) is 3.